The van der Waals surface area contributed by atoms with Crippen molar-refractivity contribution in [3.05, 3.63) is 70.0 Å². The van der Waals surface area contributed by atoms with Gasteiger partial charge >= 0.3 is 0 Å². The van der Waals surface area contributed by atoms with Gasteiger partial charge in [-0.2, -0.15) is 0 Å². The minimum absolute atomic E-state index is 0.0530. The zero-order valence-corrected chi connectivity index (χ0v) is 15.2. The SMILES string of the molecule is CC(C)[C@H](NC(=O)C[S@@](=O)c1ccc([N+](=O)[O-])cc1)c1ccc(F)cc1. The molecule has 1 N–H and O–H groups in total. The van der Waals surface area contributed by atoms with Crippen molar-refractivity contribution in [3.8, 4) is 0 Å². The number of nitro benzene ring substituents is 1. The highest BCUT2D eigenvalue weighted by Crippen LogP contribution is 2.22. The third-order valence-electron chi connectivity index (χ3n) is 3.78. The Morgan fingerprint density at radius 3 is 2.23 bits per heavy atom. The highest BCUT2D eigenvalue weighted by molar-refractivity contribution is 7.85. The molecule has 2 atom stereocenters. The van der Waals surface area contributed by atoms with E-state index in [1.165, 1.54) is 36.4 Å². The maximum absolute atomic E-state index is 13.1. The molecular weight excluding hydrogens is 359 g/mol. The summed E-state index contributed by atoms with van der Waals surface area (Å²) < 4.78 is 25.4. The van der Waals surface area contributed by atoms with Crippen molar-refractivity contribution in [1.29, 1.82) is 0 Å². The van der Waals surface area contributed by atoms with Crippen molar-refractivity contribution >= 4 is 22.4 Å². The number of hydrogen-bond donors (Lipinski definition) is 1. The van der Waals surface area contributed by atoms with Gasteiger partial charge in [0.1, 0.15) is 11.6 Å². The summed E-state index contributed by atoms with van der Waals surface area (Å²) in [6, 6.07) is 10.8. The Bertz CT molecular complexity index is 807. The van der Waals surface area contributed by atoms with E-state index in [-0.39, 0.29) is 29.2 Å². The van der Waals surface area contributed by atoms with Crippen LogP contribution in [-0.2, 0) is 15.6 Å². The van der Waals surface area contributed by atoms with Crippen molar-refractivity contribution < 1.29 is 18.3 Å². The number of benzene rings is 2. The molecule has 1 amide bonds. The summed E-state index contributed by atoms with van der Waals surface area (Å²) in [7, 11) is -1.62. The van der Waals surface area contributed by atoms with Crippen molar-refractivity contribution in [1.82, 2.24) is 5.32 Å². The van der Waals surface area contributed by atoms with Crippen LogP contribution >= 0.6 is 0 Å². The molecule has 0 saturated carbocycles. The molecule has 0 fully saturated rings. The van der Waals surface area contributed by atoms with Crippen molar-refractivity contribution in [3.63, 3.8) is 0 Å². The smallest absolute Gasteiger partial charge is 0.269 e. The van der Waals surface area contributed by atoms with Gasteiger partial charge in [0.2, 0.25) is 5.91 Å². The monoisotopic (exact) mass is 378 g/mol. The molecule has 0 bridgehead atoms. The predicted molar refractivity (Wildman–Crippen MR) is 96.5 cm³/mol. The molecule has 0 saturated heterocycles. The predicted octanol–water partition coefficient (Wildman–Crippen LogP) is 3.36. The zero-order valence-electron chi connectivity index (χ0n) is 14.3. The van der Waals surface area contributed by atoms with E-state index in [1.54, 1.807) is 12.1 Å². The standard InChI is InChI=1S/C18H19FN2O4S/c1-12(2)18(13-3-5-14(19)6-4-13)20-17(22)11-26(25)16-9-7-15(8-10-16)21(23)24/h3-10,12,18H,11H2,1-2H3,(H,20,22)/t18-,26+/m0/s1. The van der Waals surface area contributed by atoms with Crippen LogP contribution in [-0.4, -0.2) is 20.8 Å². The lowest BCUT2D eigenvalue weighted by Crippen LogP contribution is -2.34. The largest absolute Gasteiger partial charge is 0.348 e. The first-order valence-electron chi connectivity index (χ1n) is 7.95. The van der Waals surface area contributed by atoms with Crippen LogP contribution in [0.4, 0.5) is 10.1 Å². The van der Waals surface area contributed by atoms with Crippen LogP contribution < -0.4 is 5.32 Å². The molecule has 6 nitrogen and oxygen atoms in total. The summed E-state index contributed by atoms with van der Waals surface area (Å²) in [5.74, 6) is -0.980. The van der Waals surface area contributed by atoms with Gasteiger partial charge in [-0.3, -0.25) is 19.1 Å². The van der Waals surface area contributed by atoms with E-state index in [1.807, 2.05) is 13.8 Å². The number of carbonyl (C=O) groups excluding carboxylic acids is 1. The van der Waals surface area contributed by atoms with E-state index in [2.05, 4.69) is 5.32 Å². The molecule has 0 aliphatic carbocycles. The minimum atomic E-state index is -1.62. The first kappa shape index (κ1) is 19.7. The van der Waals surface area contributed by atoms with Crippen LogP contribution in [0.25, 0.3) is 0 Å². The second-order valence-electron chi connectivity index (χ2n) is 6.08. The third-order valence-corrected chi connectivity index (χ3v) is 5.11. The fourth-order valence-electron chi connectivity index (χ4n) is 2.44. The summed E-state index contributed by atoms with van der Waals surface area (Å²) in [6.45, 7) is 3.84. The Morgan fingerprint density at radius 2 is 1.73 bits per heavy atom. The maximum Gasteiger partial charge on any atom is 0.269 e. The second-order valence-corrected chi connectivity index (χ2v) is 7.53. The van der Waals surface area contributed by atoms with Crippen molar-refractivity contribution in [2.75, 3.05) is 5.75 Å². The van der Waals surface area contributed by atoms with Gasteiger partial charge in [0.05, 0.1) is 21.8 Å². The number of nitrogens with one attached hydrogen (secondary N) is 1. The average Bonchev–Trinajstić information content (AvgIpc) is 2.60. The lowest BCUT2D eigenvalue weighted by Gasteiger charge is -2.23. The van der Waals surface area contributed by atoms with Crippen LogP contribution in [0.3, 0.4) is 0 Å². The summed E-state index contributed by atoms with van der Waals surface area (Å²) in [6.07, 6.45) is 0. The van der Waals surface area contributed by atoms with Gasteiger partial charge in [-0.25, -0.2) is 4.39 Å². The van der Waals surface area contributed by atoms with Gasteiger partial charge in [-0.05, 0) is 35.7 Å². The van der Waals surface area contributed by atoms with Gasteiger partial charge in [0.15, 0.2) is 0 Å². The van der Waals surface area contributed by atoms with Crippen LogP contribution in [0.1, 0.15) is 25.5 Å². The molecule has 0 heterocycles. The average molecular weight is 378 g/mol. The number of nitrogens with zero attached hydrogens (tertiary/aromatic N) is 1. The number of non-ortho nitro benzene ring substituents is 1. The van der Waals surface area contributed by atoms with E-state index in [0.717, 1.165) is 5.56 Å². The van der Waals surface area contributed by atoms with E-state index >= 15 is 0 Å². The van der Waals surface area contributed by atoms with E-state index in [0.29, 0.717) is 4.90 Å². The van der Waals surface area contributed by atoms with E-state index in [4.69, 9.17) is 0 Å². The summed E-state index contributed by atoms with van der Waals surface area (Å²) in [4.78, 5) is 22.7. The lowest BCUT2D eigenvalue weighted by atomic mass is 9.96. The molecule has 26 heavy (non-hydrogen) atoms. The Labute approximate surface area is 153 Å². The third kappa shape index (κ3) is 5.19. The molecule has 2 rings (SSSR count). The Kier molecular flexibility index (Phi) is 6.57. The number of amides is 1. The summed E-state index contributed by atoms with van der Waals surface area (Å²) in [5.41, 5.74) is 0.655. The molecule has 0 aliphatic rings. The number of halogens is 1. The molecule has 0 aromatic heterocycles. The van der Waals surface area contributed by atoms with Gasteiger partial charge in [0.25, 0.3) is 5.69 Å². The second kappa shape index (κ2) is 8.66. The van der Waals surface area contributed by atoms with Crippen LogP contribution in [0.2, 0.25) is 0 Å². The molecule has 0 spiro atoms. The van der Waals surface area contributed by atoms with Crippen LogP contribution in [0.15, 0.2) is 53.4 Å². The first-order valence-corrected chi connectivity index (χ1v) is 9.27. The fraction of sp³-hybridized carbons (Fsp3) is 0.278. The number of nitro groups is 1. The van der Waals surface area contributed by atoms with Gasteiger partial charge in [-0.1, -0.05) is 26.0 Å². The molecule has 2 aromatic carbocycles. The van der Waals surface area contributed by atoms with Gasteiger partial charge in [0, 0.05) is 17.0 Å². The molecule has 8 heteroatoms. The normalized spacial score (nSPS) is 13.2. The number of rotatable bonds is 7. The van der Waals surface area contributed by atoms with E-state index < -0.39 is 21.6 Å². The van der Waals surface area contributed by atoms with Crippen LogP contribution in [0, 0.1) is 21.8 Å². The molecule has 0 aliphatic heterocycles. The number of carbonyl (C=O) groups is 1. The molecular formula is C18H19FN2O4S. The maximum atomic E-state index is 13.1. The highest BCUT2D eigenvalue weighted by atomic mass is 32.2. The summed E-state index contributed by atoms with van der Waals surface area (Å²) >= 11 is 0. The summed E-state index contributed by atoms with van der Waals surface area (Å²) in [5, 5.41) is 13.5. The minimum Gasteiger partial charge on any atom is -0.348 e. The Morgan fingerprint density at radius 1 is 1.15 bits per heavy atom. The Hall–Kier alpha value is -2.61. The zero-order chi connectivity index (χ0) is 19.3. The Balaban J connectivity index is 2.04. The molecule has 138 valence electrons. The van der Waals surface area contributed by atoms with Crippen molar-refractivity contribution in [2.24, 2.45) is 5.92 Å². The van der Waals surface area contributed by atoms with Gasteiger partial charge < -0.3 is 5.32 Å². The topological polar surface area (TPSA) is 89.3 Å². The van der Waals surface area contributed by atoms with Crippen LogP contribution in [0.5, 0.6) is 0 Å². The first-order chi connectivity index (χ1) is 12.3. The quantitative estimate of drug-likeness (QED) is 0.591. The lowest BCUT2D eigenvalue weighted by molar-refractivity contribution is -0.384. The number of hydrogen-bond acceptors (Lipinski definition) is 4. The molecule has 0 radical (unpaired) electrons. The van der Waals surface area contributed by atoms with Crippen molar-refractivity contribution in [2.45, 2.75) is 24.8 Å². The van der Waals surface area contributed by atoms with Gasteiger partial charge in [-0.15, -0.1) is 0 Å². The van der Waals surface area contributed by atoms with E-state index in [9.17, 15) is 23.5 Å². The molecule has 0 unspecified atom stereocenters. The highest BCUT2D eigenvalue weighted by Gasteiger charge is 2.20. The molecule has 2 aromatic rings. The fourth-order valence-corrected chi connectivity index (χ4v) is 3.37.